The highest BCUT2D eigenvalue weighted by Gasteiger charge is 2.23. The van der Waals surface area contributed by atoms with E-state index in [0.29, 0.717) is 0 Å². The third kappa shape index (κ3) is 3.40. The molecule has 0 atom stereocenters. The average molecular weight is 307 g/mol. The van der Waals surface area contributed by atoms with Gasteiger partial charge in [-0.3, -0.25) is 4.79 Å². The van der Waals surface area contributed by atoms with Gasteiger partial charge in [0, 0.05) is 7.05 Å². The fraction of sp³-hybridized carbons (Fsp3) is 0.267. The summed E-state index contributed by atoms with van der Waals surface area (Å²) in [5.74, 6) is -0.565. The largest absolute Gasteiger partial charge is 0.465 e. The lowest BCUT2D eigenvalue weighted by molar-refractivity contribution is -0.143. The number of likely N-dealkylation sites (N-methyl/N-ethyl adjacent to an activating group) is 1. The Kier molecular flexibility index (Phi) is 4.59. The smallest absolute Gasteiger partial charge is 0.321 e. The average Bonchev–Trinajstić information content (AvgIpc) is 2.46. The van der Waals surface area contributed by atoms with Crippen LogP contribution in [0, 0.1) is 0 Å². The van der Waals surface area contributed by atoms with Crippen molar-refractivity contribution in [3.63, 3.8) is 0 Å². The molecule has 6 heteroatoms. The zero-order valence-corrected chi connectivity index (χ0v) is 12.8. The van der Waals surface area contributed by atoms with Gasteiger partial charge in [0.1, 0.15) is 6.54 Å². The van der Waals surface area contributed by atoms with Crippen molar-refractivity contribution in [1.29, 1.82) is 0 Å². The van der Waals surface area contributed by atoms with Gasteiger partial charge in [-0.15, -0.1) is 0 Å². The van der Waals surface area contributed by atoms with E-state index in [1.807, 2.05) is 24.3 Å². The predicted molar refractivity (Wildman–Crippen MR) is 80.4 cm³/mol. The highest BCUT2D eigenvalue weighted by atomic mass is 32.2. The van der Waals surface area contributed by atoms with Crippen LogP contribution in [0.3, 0.4) is 0 Å². The van der Waals surface area contributed by atoms with Crippen LogP contribution in [0.25, 0.3) is 10.8 Å². The van der Waals surface area contributed by atoms with Crippen molar-refractivity contribution in [3.05, 3.63) is 42.5 Å². The second-order valence-electron chi connectivity index (χ2n) is 4.58. The lowest BCUT2D eigenvalue weighted by Gasteiger charge is -2.16. The van der Waals surface area contributed by atoms with Gasteiger partial charge in [0.05, 0.1) is 11.5 Å². The van der Waals surface area contributed by atoms with Gasteiger partial charge < -0.3 is 4.74 Å². The van der Waals surface area contributed by atoms with Gasteiger partial charge >= 0.3 is 5.97 Å². The van der Waals surface area contributed by atoms with Gasteiger partial charge in [-0.2, -0.15) is 4.31 Å². The summed E-state index contributed by atoms with van der Waals surface area (Å²) in [6.45, 7) is 1.60. The van der Waals surface area contributed by atoms with Gasteiger partial charge in [0.15, 0.2) is 0 Å². The molecule has 0 radical (unpaired) electrons. The maximum Gasteiger partial charge on any atom is 0.321 e. The summed E-state index contributed by atoms with van der Waals surface area (Å²) < 4.78 is 30.6. The number of carbonyl (C=O) groups excluding carboxylic acids is 1. The quantitative estimate of drug-likeness (QED) is 0.793. The van der Waals surface area contributed by atoms with E-state index < -0.39 is 16.0 Å². The van der Waals surface area contributed by atoms with Gasteiger partial charge in [0.25, 0.3) is 0 Å². The predicted octanol–water partition coefficient (Wildman–Crippen LogP) is 2.02. The number of fused-ring (bicyclic) bond motifs is 1. The van der Waals surface area contributed by atoms with Crippen LogP contribution in [0.15, 0.2) is 47.4 Å². The first-order valence-corrected chi connectivity index (χ1v) is 8.00. The lowest BCUT2D eigenvalue weighted by Crippen LogP contribution is -2.33. The van der Waals surface area contributed by atoms with Gasteiger partial charge in [0.2, 0.25) is 10.0 Å². The number of carbonyl (C=O) groups is 1. The fourth-order valence-electron chi connectivity index (χ4n) is 1.98. The molecule has 112 valence electrons. The van der Waals surface area contributed by atoms with Crippen LogP contribution in [-0.2, 0) is 19.6 Å². The molecule has 5 nitrogen and oxygen atoms in total. The highest BCUT2D eigenvalue weighted by Crippen LogP contribution is 2.21. The number of rotatable bonds is 5. The molecule has 0 fully saturated rings. The molecule has 0 aromatic heterocycles. The molecule has 21 heavy (non-hydrogen) atoms. The topological polar surface area (TPSA) is 63.7 Å². The molecular weight excluding hydrogens is 290 g/mol. The van der Waals surface area contributed by atoms with E-state index in [-0.39, 0.29) is 18.0 Å². The third-order valence-electron chi connectivity index (χ3n) is 3.09. The molecular formula is C15H17NO4S. The van der Waals surface area contributed by atoms with E-state index >= 15 is 0 Å². The van der Waals surface area contributed by atoms with Crippen molar-refractivity contribution in [2.24, 2.45) is 0 Å². The Morgan fingerprint density at radius 2 is 1.81 bits per heavy atom. The monoisotopic (exact) mass is 307 g/mol. The summed E-state index contributed by atoms with van der Waals surface area (Å²) in [5.41, 5.74) is 0. The highest BCUT2D eigenvalue weighted by molar-refractivity contribution is 7.89. The van der Waals surface area contributed by atoms with Crippen LogP contribution >= 0.6 is 0 Å². The minimum atomic E-state index is -3.71. The van der Waals surface area contributed by atoms with Crippen LogP contribution in [0.1, 0.15) is 6.92 Å². The van der Waals surface area contributed by atoms with E-state index in [2.05, 4.69) is 0 Å². The molecule has 2 aromatic rings. The van der Waals surface area contributed by atoms with Crippen molar-refractivity contribution in [3.8, 4) is 0 Å². The summed E-state index contributed by atoms with van der Waals surface area (Å²) in [6, 6.07) is 12.4. The molecule has 2 rings (SSSR count). The van der Waals surface area contributed by atoms with Crippen molar-refractivity contribution in [2.75, 3.05) is 20.2 Å². The van der Waals surface area contributed by atoms with Crippen molar-refractivity contribution in [2.45, 2.75) is 11.8 Å². The van der Waals surface area contributed by atoms with Gasteiger partial charge in [-0.25, -0.2) is 8.42 Å². The minimum Gasteiger partial charge on any atom is -0.465 e. The molecule has 0 unspecified atom stereocenters. The second-order valence-corrected chi connectivity index (χ2v) is 6.62. The third-order valence-corrected chi connectivity index (χ3v) is 4.89. The Morgan fingerprint density at radius 3 is 2.48 bits per heavy atom. The maximum atomic E-state index is 12.4. The minimum absolute atomic E-state index is 0.160. The van der Waals surface area contributed by atoms with E-state index in [9.17, 15) is 13.2 Å². The first kappa shape index (κ1) is 15.5. The SMILES string of the molecule is CCOC(=O)CN(C)S(=O)(=O)c1ccc2ccccc2c1. The molecule has 0 heterocycles. The molecule has 0 N–H and O–H groups in total. The zero-order valence-electron chi connectivity index (χ0n) is 11.9. The van der Waals surface area contributed by atoms with Gasteiger partial charge in [-0.1, -0.05) is 30.3 Å². The summed E-state index contributed by atoms with van der Waals surface area (Å²) in [4.78, 5) is 11.6. The van der Waals surface area contributed by atoms with Gasteiger partial charge in [-0.05, 0) is 29.8 Å². The molecule has 2 aromatic carbocycles. The molecule has 0 amide bonds. The standard InChI is InChI=1S/C15H17NO4S/c1-3-20-15(17)11-16(2)21(18,19)14-9-8-12-6-4-5-7-13(12)10-14/h4-10H,3,11H2,1-2H3. The number of ether oxygens (including phenoxy) is 1. The van der Waals surface area contributed by atoms with Crippen LogP contribution in [0.4, 0.5) is 0 Å². The zero-order chi connectivity index (χ0) is 15.5. The van der Waals surface area contributed by atoms with Crippen LogP contribution in [0.2, 0.25) is 0 Å². The van der Waals surface area contributed by atoms with E-state index in [0.717, 1.165) is 15.1 Å². The van der Waals surface area contributed by atoms with Crippen molar-refractivity contribution >= 4 is 26.8 Å². The molecule has 0 bridgehead atoms. The number of sulfonamides is 1. The Balaban J connectivity index is 2.30. The maximum absolute atomic E-state index is 12.4. The number of esters is 1. The molecule has 0 saturated carbocycles. The Hall–Kier alpha value is -1.92. The first-order chi connectivity index (χ1) is 9.95. The first-order valence-electron chi connectivity index (χ1n) is 6.56. The molecule has 0 aliphatic rings. The summed E-state index contributed by atoms with van der Waals surface area (Å²) in [7, 11) is -2.35. The number of hydrogen-bond acceptors (Lipinski definition) is 4. The summed E-state index contributed by atoms with van der Waals surface area (Å²) >= 11 is 0. The Morgan fingerprint density at radius 1 is 1.14 bits per heavy atom. The van der Waals surface area contributed by atoms with E-state index in [1.54, 1.807) is 25.1 Å². The molecule has 0 saturated heterocycles. The molecule has 0 aliphatic carbocycles. The number of hydrogen-bond donors (Lipinski definition) is 0. The van der Waals surface area contributed by atoms with E-state index in [4.69, 9.17) is 4.74 Å². The number of benzene rings is 2. The fourth-order valence-corrected chi connectivity index (χ4v) is 3.13. The number of nitrogens with zero attached hydrogens (tertiary/aromatic N) is 1. The van der Waals surface area contributed by atoms with Crippen molar-refractivity contribution in [1.82, 2.24) is 4.31 Å². The molecule has 0 aliphatic heterocycles. The normalized spacial score (nSPS) is 11.8. The van der Waals surface area contributed by atoms with Crippen LogP contribution in [-0.4, -0.2) is 38.9 Å². The van der Waals surface area contributed by atoms with E-state index in [1.165, 1.54) is 7.05 Å². The Bertz CT molecular complexity index is 755. The second kappa shape index (κ2) is 6.24. The van der Waals surface area contributed by atoms with Crippen LogP contribution < -0.4 is 0 Å². The Labute approximate surface area is 124 Å². The summed E-state index contributed by atoms with van der Waals surface area (Å²) in [6.07, 6.45) is 0. The molecule has 0 spiro atoms. The lowest BCUT2D eigenvalue weighted by atomic mass is 10.1. The van der Waals surface area contributed by atoms with Crippen molar-refractivity contribution < 1.29 is 17.9 Å². The summed E-state index contributed by atoms with van der Waals surface area (Å²) in [5, 5.41) is 1.80. The van der Waals surface area contributed by atoms with Crippen LogP contribution in [0.5, 0.6) is 0 Å².